The summed E-state index contributed by atoms with van der Waals surface area (Å²) in [7, 11) is 0. The normalized spacial score (nSPS) is 16.5. The Morgan fingerprint density at radius 1 is 1.08 bits per heavy atom. The number of amides is 1. The lowest BCUT2D eigenvalue weighted by Crippen LogP contribution is -2.43. The van der Waals surface area contributed by atoms with Crippen molar-refractivity contribution in [2.75, 3.05) is 18.5 Å². The molecule has 1 unspecified atom stereocenters. The molecule has 24 heavy (non-hydrogen) atoms. The van der Waals surface area contributed by atoms with E-state index in [1.54, 1.807) is 0 Å². The summed E-state index contributed by atoms with van der Waals surface area (Å²) in [6, 6.07) is 15.7. The highest BCUT2D eigenvalue weighted by Crippen LogP contribution is 2.33. The first kappa shape index (κ1) is 16.4. The summed E-state index contributed by atoms with van der Waals surface area (Å²) in [6.45, 7) is 5.50. The second kappa shape index (κ2) is 7.39. The van der Waals surface area contributed by atoms with Gasteiger partial charge in [-0.3, -0.25) is 4.79 Å². The number of unbranched alkanes of at least 4 members (excludes halogenated alkanes) is 1. The molecule has 0 radical (unpaired) electrons. The number of para-hydroxylation sites is 1. The third-order valence-corrected chi connectivity index (χ3v) is 4.28. The minimum absolute atomic E-state index is 0.0942. The van der Waals surface area contributed by atoms with Gasteiger partial charge in [0.05, 0.1) is 12.2 Å². The second-order valence-corrected chi connectivity index (χ2v) is 5.95. The van der Waals surface area contributed by atoms with Crippen molar-refractivity contribution in [2.45, 2.75) is 32.9 Å². The van der Waals surface area contributed by atoms with Crippen LogP contribution in [0.1, 0.15) is 48.8 Å². The van der Waals surface area contributed by atoms with Crippen molar-refractivity contribution >= 4 is 11.6 Å². The molecule has 1 N–H and O–H groups in total. The maximum Gasteiger partial charge on any atom is 0.257 e. The molecule has 0 saturated carbocycles. The van der Waals surface area contributed by atoms with E-state index in [1.165, 1.54) is 0 Å². The molecule has 3 rings (SSSR count). The summed E-state index contributed by atoms with van der Waals surface area (Å²) in [5.74, 6) is 0.945. The first-order valence-corrected chi connectivity index (χ1v) is 8.64. The summed E-state index contributed by atoms with van der Waals surface area (Å²) in [4.78, 5) is 14.9. The SMILES string of the molecule is CCCCN1C(=O)c2ccccc2NC1c1ccc(OCC)cc1. The van der Waals surface area contributed by atoms with Crippen LogP contribution in [0.5, 0.6) is 5.75 Å². The van der Waals surface area contributed by atoms with Crippen molar-refractivity contribution < 1.29 is 9.53 Å². The average molecular weight is 324 g/mol. The molecule has 0 fully saturated rings. The van der Waals surface area contributed by atoms with E-state index in [-0.39, 0.29) is 12.1 Å². The van der Waals surface area contributed by atoms with Gasteiger partial charge in [0.25, 0.3) is 5.91 Å². The van der Waals surface area contributed by atoms with Crippen LogP contribution in [-0.4, -0.2) is 24.0 Å². The lowest BCUT2D eigenvalue weighted by molar-refractivity contribution is 0.0680. The number of ether oxygens (including phenoxy) is 1. The van der Waals surface area contributed by atoms with E-state index in [1.807, 2.05) is 60.4 Å². The maximum absolute atomic E-state index is 12.9. The molecular weight excluding hydrogens is 300 g/mol. The number of nitrogens with one attached hydrogen (secondary N) is 1. The highest BCUT2D eigenvalue weighted by Gasteiger charge is 2.32. The van der Waals surface area contributed by atoms with Crippen LogP contribution in [0.2, 0.25) is 0 Å². The lowest BCUT2D eigenvalue weighted by Gasteiger charge is -2.38. The second-order valence-electron chi connectivity index (χ2n) is 5.95. The molecule has 4 heteroatoms. The molecule has 0 aromatic heterocycles. The van der Waals surface area contributed by atoms with Gasteiger partial charge >= 0.3 is 0 Å². The van der Waals surface area contributed by atoms with Crippen LogP contribution in [0.15, 0.2) is 48.5 Å². The zero-order valence-electron chi connectivity index (χ0n) is 14.3. The van der Waals surface area contributed by atoms with E-state index in [0.29, 0.717) is 6.61 Å². The van der Waals surface area contributed by atoms with Gasteiger partial charge in [0.1, 0.15) is 11.9 Å². The molecule has 1 aliphatic heterocycles. The van der Waals surface area contributed by atoms with Crippen LogP contribution in [0.25, 0.3) is 0 Å². The van der Waals surface area contributed by atoms with Crippen LogP contribution < -0.4 is 10.1 Å². The smallest absolute Gasteiger partial charge is 0.257 e. The predicted octanol–water partition coefficient (Wildman–Crippen LogP) is 4.45. The number of carbonyl (C=O) groups excluding carboxylic acids is 1. The third-order valence-electron chi connectivity index (χ3n) is 4.28. The van der Waals surface area contributed by atoms with Crippen molar-refractivity contribution in [1.82, 2.24) is 4.90 Å². The number of benzene rings is 2. The summed E-state index contributed by atoms with van der Waals surface area (Å²) in [5.41, 5.74) is 2.71. The number of anilines is 1. The Morgan fingerprint density at radius 2 is 1.83 bits per heavy atom. The molecule has 0 aliphatic carbocycles. The standard InChI is InChI=1S/C20H24N2O2/c1-3-5-14-22-19(15-10-12-16(13-11-15)24-4-2)21-18-9-7-6-8-17(18)20(22)23/h6-13,19,21H,3-5,14H2,1-2H3. The number of hydrogen-bond donors (Lipinski definition) is 1. The molecule has 1 aliphatic rings. The zero-order valence-corrected chi connectivity index (χ0v) is 14.3. The molecule has 2 aromatic rings. The van der Waals surface area contributed by atoms with E-state index in [0.717, 1.165) is 42.0 Å². The van der Waals surface area contributed by atoms with Crippen LogP contribution in [0, 0.1) is 0 Å². The number of carbonyl (C=O) groups is 1. The molecule has 1 heterocycles. The van der Waals surface area contributed by atoms with Gasteiger partial charge in [0.15, 0.2) is 0 Å². The quantitative estimate of drug-likeness (QED) is 0.853. The van der Waals surface area contributed by atoms with Crippen LogP contribution in [0.3, 0.4) is 0 Å². The predicted molar refractivity (Wildman–Crippen MR) is 96.4 cm³/mol. The first-order chi connectivity index (χ1) is 11.7. The Kier molecular flexibility index (Phi) is 5.04. The van der Waals surface area contributed by atoms with Gasteiger partial charge in [-0.25, -0.2) is 0 Å². The summed E-state index contributed by atoms with van der Waals surface area (Å²) in [6.07, 6.45) is 1.90. The molecule has 2 aromatic carbocycles. The van der Waals surface area contributed by atoms with E-state index >= 15 is 0 Å². The average Bonchev–Trinajstić information content (AvgIpc) is 2.62. The van der Waals surface area contributed by atoms with Gasteiger partial charge in [-0.2, -0.15) is 0 Å². The Morgan fingerprint density at radius 3 is 2.54 bits per heavy atom. The number of rotatable bonds is 6. The number of hydrogen-bond acceptors (Lipinski definition) is 3. The summed E-state index contributed by atoms with van der Waals surface area (Å²) >= 11 is 0. The summed E-state index contributed by atoms with van der Waals surface area (Å²) in [5, 5.41) is 3.52. The molecule has 4 nitrogen and oxygen atoms in total. The largest absolute Gasteiger partial charge is 0.494 e. The monoisotopic (exact) mass is 324 g/mol. The van der Waals surface area contributed by atoms with Crippen LogP contribution >= 0.6 is 0 Å². The fourth-order valence-electron chi connectivity index (χ4n) is 3.03. The van der Waals surface area contributed by atoms with Crippen molar-refractivity contribution in [3.63, 3.8) is 0 Å². The van der Waals surface area contributed by atoms with Gasteiger partial charge in [-0.1, -0.05) is 37.6 Å². The zero-order chi connectivity index (χ0) is 16.9. The third kappa shape index (κ3) is 3.23. The Bertz CT molecular complexity index is 697. The van der Waals surface area contributed by atoms with E-state index in [4.69, 9.17) is 4.74 Å². The fraction of sp³-hybridized carbons (Fsp3) is 0.350. The molecule has 1 atom stereocenters. The van der Waals surface area contributed by atoms with Gasteiger partial charge in [0, 0.05) is 12.2 Å². The summed E-state index contributed by atoms with van der Waals surface area (Å²) < 4.78 is 5.52. The molecule has 0 saturated heterocycles. The first-order valence-electron chi connectivity index (χ1n) is 8.64. The molecule has 126 valence electrons. The topological polar surface area (TPSA) is 41.6 Å². The lowest BCUT2D eigenvalue weighted by atomic mass is 10.0. The minimum Gasteiger partial charge on any atom is -0.494 e. The highest BCUT2D eigenvalue weighted by molar-refractivity contribution is 6.01. The van der Waals surface area contributed by atoms with Gasteiger partial charge in [-0.05, 0) is 43.2 Å². The highest BCUT2D eigenvalue weighted by atomic mass is 16.5. The maximum atomic E-state index is 12.9. The van der Waals surface area contributed by atoms with Crippen LogP contribution in [0.4, 0.5) is 5.69 Å². The molecular formula is C20H24N2O2. The van der Waals surface area contributed by atoms with Crippen LogP contribution in [-0.2, 0) is 0 Å². The Labute approximate surface area is 143 Å². The Balaban J connectivity index is 1.92. The van der Waals surface area contributed by atoms with Gasteiger partial charge in [0.2, 0.25) is 0 Å². The van der Waals surface area contributed by atoms with Gasteiger partial charge in [-0.15, -0.1) is 0 Å². The van der Waals surface area contributed by atoms with Crippen molar-refractivity contribution in [1.29, 1.82) is 0 Å². The van der Waals surface area contributed by atoms with Gasteiger partial charge < -0.3 is 15.0 Å². The van der Waals surface area contributed by atoms with Crippen molar-refractivity contribution in [2.24, 2.45) is 0 Å². The van der Waals surface area contributed by atoms with Crippen molar-refractivity contribution in [3.8, 4) is 5.75 Å². The number of fused-ring (bicyclic) bond motifs is 1. The molecule has 1 amide bonds. The minimum atomic E-state index is -0.144. The molecule has 0 spiro atoms. The van der Waals surface area contributed by atoms with E-state index < -0.39 is 0 Å². The van der Waals surface area contributed by atoms with E-state index in [2.05, 4.69) is 12.2 Å². The number of nitrogens with zero attached hydrogens (tertiary/aromatic N) is 1. The Hall–Kier alpha value is -2.49. The molecule has 0 bridgehead atoms. The van der Waals surface area contributed by atoms with E-state index in [9.17, 15) is 4.79 Å². The van der Waals surface area contributed by atoms with Crippen molar-refractivity contribution in [3.05, 3.63) is 59.7 Å². The fourth-order valence-corrected chi connectivity index (χ4v) is 3.03.